The molecule has 0 bridgehead atoms. The Labute approximate surface area is 128 Å². The van der Waals surface area contributed by atoms with Crippen LogP contribution in [0.1, 0.15) is 25.7 Å². The van der Waals surface area contributed by atoms with Crippen LogP contribution in [0, 0.1) is 0 Å². The molecule has 0 aromatic rings. The van der Waals surface area contributed by atoms with Gasteiger partial charge in [-0.05, 0) is 12.8 Å². The van der Waals surface area contributed by atoms with Crippen molar-refractivity contribution in [2.45, 2.75) is 25.7 Å². The predicted octanol–water partition coefficient (Wildman–Crippen LogP) is -3.21. The molecule has 8 heteroatoms. The largest absolute Gasteiger partial charge is 1.00 e. The van der Waals surface area contributed by atoms with E-state index in [1.54, 1.807) is 0 Å². The maximum absolute atomic E-state index is 11.9. The smallest absolute Gasteiger partial charge is 0.797 e. The van der Waals surface area contributed by atoms with E-state index in [0.29, 0.717) is 25.9 Å². The second kappa shape index (κ2) is 6.53. The molecule has 0 radical (unpaired) electrons. The molecule has 96 valence electrons. The Morgan fingerprint density at radius 3 is 1.67 bits per heavy atom. The Bertz CT molecular complexity index is 358. The van der Waals surface area contributed by atoms with Gasteiger partial charge in [-0.2, -0.15) is 0 Å². The average Bonchev–Trinajstić information content (AvgIpc) is 2.78. The van der Waals surface area contributed by atoms with Gasteiger partial charge in [0.1, 0.15) is 0 Å². The van der Waals surface area contributed by atoms with E-state index < -0.39 is 7.37 Å². The number of carbonyl (C=O) groups excluding carboxylic acids is 2. The summed E-state index contributed by atoms with van der Waals surface area (Å²) in [5, 5.41) is 0. The van der Waals surface area contributed by atoms with Crippen molar-refractivity contribution in [3.05, 3.63) is 0 Å². The molecule has 0 aliphatic carbocycles. The topological polar surface area (TPSA) is 80.8 Å². The van der Waals surface area contributed by atoms with Crippen molar-refractivity contribution in [1.82, 2.24) is 9.80 Å². The first kappa shape index (κ1) is 16.2. The number of amides is 2. The molecule has 18 heavy (non-hydrogen) atoms. The SMILES string of the molecule is O=C1CCCN1CP(=O)([O-])CN1CCCC1=O.[Na+]. The number of rotatable bonds is 4. The molecule has 2 amide bonds. The third-order valence-corrected chi connectivity index (χ3v) is 4.66. The number of carbonyl (C=O) groups is 2. The monoisotopic (exact) mass is 282 g/mol. The summed E-state index contributed by atoms with van der Waals surface area (Å²) in [6.45, 7) is 1.03. The Morgan fingerprint density at radius 1 is 1.00 bits per heavy atom. The van der Waals surface area contributed by atoms with E-state index in [4.69, 9.17) is 0 Å². The minimum Gasteiger partial charge on any atom is -0.797 e. The normalized spacial score (nSPS) is 20.5. The van der Waals surface area contributed by atoms with Crippen molar-refractivity contribution in [3.63, 3.8) is 0 Å². The number of nitrogens with zero attached hydrogens (tertiary/aromatic N) is 2. The fourth-order valence-electron chi connectivity index (χ4n) is 2.27. The summed E-state index contributed by atoms with van der Waals surface area (Å²) in [6.07, 6.45) is 1.86. The molecule has 2 fully saturated rings. The Balaban J connectivity index is 0.00000162. The van der Waals surface area contributed by atoms with Crippen LogP contribution in [0.5, 0.6) is 0 Å². The molecule has 0 aromatic carbocycles. The second-order valence-corrected chi connectivity index (χ2v) is 6.81. The van der Waals surface area contributed by atoms with Crippen molar-refractivity contribution in [2.24, 2.45) is 0 Å². The van der Waals surface area contributed by atoms with E-state index in [-0.39, 0.29) is 53.9 Å². The first-order valence-corrected chi connectivity index (χ1v) is 7.82. The van der Waals surface area contributed by atoms with Crippen molar-refractivity contribution >= 4 is 19.2 Å². The van der Waals surface area contributed by atoms with Gasteiger partial charge in [-0.15, -0.1) is 0 Å². The average molecular weight is 282 g/mol. The van der Waals surface area contributed by atoms with Gasteiger partial charge in [0.25, 0.3) is 0 Å². The minimum absolute atomic E-state index is 0. The van der Waals surface area contributed by atoms with Crippen LogP contribution in [0.4, 0.5) is 0 Å². The summed E-state index contributed by atoms with van der Waals surface area (Å²) in [6, 6.07) is 0. The van der Waals surface area contributed by atoms with Crippen molar-refractivity contribution in [2.75, 3.05) is 25.7 Å². The van der Waals surface area contributed by atoms with Gasteiger partial charge in [0.05, 0.1) is 19.9 Å². The van der Waals surface area contributed by atoms with Crippen LogP contribution in [0.2, 0.25) is 0 Å². The zero-order chi connectivity index (χ0) is 12.5. The summed E-state index contributed by atoms with van der Waals surface area (Å²) in [7, 11) is -3.71. The Hall–Kier alpha value is 0.130. The van der Waals surface area contributed by atoms with Crippen LogP contribution in [-0.2, 0) is 14.2 Å². The molecular weight excluding hydrogens is 266 g/mol. The molecule has 0 atom stereocenters. The fourth-order valence-corrected chi connectivity index (χ4v) is 4.00. The van der Waals surface area contributed by atoms with Gasteiger partial charge < -0.3 is 19.3 Å². The first-order chi connectivity index (χ1) is 7.98. The van der Waals surface area contributed by atoms with E-state index in [1.165, 1.54) is 9.80 Å². The quantitative estimate of drug-likeness (QED) is 0.401. The molecule has 2 aliphatic rings. The summed E-state index contributed by atoms with van der Waals surface area (Å²) in [5.74, 6) is -0.206. The van der Waals surface area contributed by atoms with Crippen LogP contribution >= 0.6 is 7.37 Å². The van der Waals surface area contributed by atoms with Gasteiger partial charge >= 0.3 is 29.6 Å². The van der Waals surface area contributed by atoms with E-state index in [9.17, 15) is 19.0 Å². The molecule has 0 N–H and O–H groups in total. The van der Waals surface area contributed by atoms with E-state index in [2.05, 4.69) is 0 Å². The molecular formula is C10H16N2NaO4P. The molecule has 0 saturated carbocycles. The third kappa shape index (κ3) is 4.07. The molecule has 0 unspecified atom stereocenters. The van der Waals surface area contributed by atoms with Gasteiger partial charge in [-0.1, -0.05) is 0 Å². The van der Waals surface area contributed by atoms with Crippen LogP contribution in [-0.4, -0.2) is 47.3 Å². The van der Waals surface area contributed by atoms with Gasteiger partial charge in [-0.3, -0.25) is 9.59 Å². The number of hydrogen-bond donors (Lipinski definition) is 0. The third-order valence-electron chi connectivity index (χ3n) is 3.12. The standard InChI is InChI=1S/C10H17N2O4P.Na/c13-9-3-1-5-11(9)7-17(15,16)8-12-6-2-4-10(12)14;/h1-8H2,(H,15,16);/q;+1/p-1. The van der Waals surface area contributed by atoms with Crippen LogP contribution in [0.25, 0.3) is 0 Å². The summed E-state index contributed by atoms with van der Waals surface area (Å²) >= 11 is 0. The molecule has 0 spiro atoms. The molecule has 6 nitrogen and oxygen atoms in total. The predicted molar refractivity (Wildman–Crippen MR) is 59.2 cm³/mol. The zero-order valence-corrected chi connectivity index (χ0v) is 13.5. The van der Waals surface area contributed by atoms with Crippen molar-refractivity contribution in [1.29, 1.82) is 0 Å². The summed E-state index contributed by atoms with van der Waals surface area (Å²) in [4.78, 5) is 37.3. The summed E-state index contributed by atoms with van der Waals surface area (Å²) in [5.41, 5.74) is 0. The number of hydrogen-bond acceptors (Lipinski definition) is 4. The molecule has 2 heterocycles. The van der Waals surface area contributed by atoms with Gasteiger partial charge in [0.2, 0.25) is 11.8 Å². The molecule has 2 saturated heterocycles. The second-order valence-electron chi connectivity index (χ2n) is 4.62. The van der Waals surface area contributed by atoms with Gasteiger partial charge in [0.15, 0.2) is 0 Å². The first-order valence-electron chi connectivity index (χ1n) is 5.83. The maximum atomic E-state index is 11.9. The van der Waals surface area contributed by atoms with E-state index in [1.807, 2.05) is 0 Å². The minimum atomic E-state index is -3.71. The van der Waals surface area contributed by atoms with Crippen molar-refractivity contribution < 1.29 is 48.6 Å². The number of likely N-dealkylation sites (tertiary alicyclic amines) is 2. The zero-order valence-electron chi connectivity index (χ0n) is 10.6. The van der Waals surface area contributed by atoms with Crippen LogP contribution < -0.4 is 34.5 Å². The molecule has 2 aliphatic heterocycles. The molecule has 0 aromatic heterocycles. The van der Waals surface area contributed by atoms with Gasteiger partial charge in [-0.25, -0.2) is 0 Å². The Kier molecular flexibility index (Phi) is 5.87. The Morgan fingerprint density at radius 2 is 1.39 bits per heavy atom. The summed E-state index contributed by atoms with van der Waals surface area (Å²) < 4.78 is 11.9. The van der Waals surface area contributed by atoms with E-state index in [0.717, 1.165) is 12.8 Å². The maximum Gasteiger partial charge on any atom is 1.00 e. The molecule has 2 rings (SSSR count). The van der Waals surface area contributed by atoms with Crippen LogP contribution in [0.15, 0.2) is 0 Å². The van der Waals surface area contributed by atoms with Crippen LogP contribution in [0.3, 0.4) is 0 Å². The van der Waals surface area contributed by atoms with E-state index >= 15 is 0 Å². The van der Waals surface area contributed by atoms with Gasteiger partial charge in [0, 0.05) is 25.9 Å². The van der Waals surface area contributed by atoms with Crippen molar-refractivity contribution in [3.8, 4) is 0 Å². The fraction of sp³-hybridized carbons (Fsp3) is 0.800.